The molecule has 208 valence electrons. The summed E-state index contributed by atoms with van der Waals surface area (Å²) in [6.07, 6.45) is 0.799. The van der Waals surface area contributed by atoms with Gasteiger partial charge in [0.1, 0.15) is 17.2 Å². The molecule has 10 heteroatoms. The highest BCUT2D eigenvalue weighted by Crippen LogP contribution is 2.30. The molecule has 1 N–H and O–H groups in total. The van der Waals surface area contributed by atoms with Crippen molar-refractivity contribution in [3.8, 4) is 22.4 Å². The van der Waals surface area contributed by atoms with Crippen molar-refractivity contribution >= 4 is 22.6 Å². The van der Waals surface area contributed by atoms with E-state index in [-0.39, 0.29) is 18.6 Å². The van der Waals surface area contributed by atoms with Crippen LogP contribution in [0.1, 0.15) is 16.8 Å². The Morgan fingerprint density at radius 2 is 1.63 bits per heavy atom. The van der Waals surface area contributed by atoms with Gasteiger partial charge in [-0.05, 0) is 42.0 Å². The van der Waals surface area contributed by atoms with Crippen molar-refractivity contribution in [1.29, 1.82) is 0 Å². The van der Waals surface area contributed by atoms with E-state index in [2.05, 4.69) is 24.8 Å². The molecule has 0 amide bonds. The van der Waals surface area contributed by atoms with Crippen molar-refractivity contribution in [2.45, 2.75) is 19.0 Å². The lowest BCUT2D eigenvalue weighted by atomic mass is 10.0. The molecule has 5 heterocycles. The van der Waals surface area contributed by atoms with Crippen LogP contribution in [0.5, 0.6) is 0 Å². The minimum absolute atomic E-state index is 0.0351. The number of aromatic amines is 1. The molecule has 6 rings (SSSR count). The lowest BCUT2D eigenvalue weighted by Gasteiger charge is -2.27. The van der Waals surface area contributed by atoms with Crippen LogP contribution in [0.15, 0.2) is 79.3 Å². The largest absolute Gasteiger partial charge is 0.416 e. The van der Waals surface area contributed by atoms with E-state index in [1.807, 2.05) is 36.5 Å². The number of ketones is 1. The lowest BCUT2D eigenvalue weighted by Crippen LogP contribution is -2.36. The zero-order valence-electron chi connectivity index (χ0n) is 22.0. The summed E-state index contributed by atoms with van der Waals surface area (Å²) in [5.41, 5.74) is 4.47. The van der Waals surface area contributed by atoms with Crippen LogP contribution >= 0.6 is 0 Å². The predicted octanol–water partition coefficient (Wildman–Crippen LogP) is 5.90. The van der Waals surface area contributed by atoms with Crippen LogP contribution in [0.25, 0.3) is 33.4 Å². The van der Waals surface area contributed by atoms with Crippen LogP contribution in [0.2, 0.25) is 0 Å². The second kappa shape index (κ2) is 11.1. The molecule has 0 unspecified atom stereocenters. The Hall–Kier alpha value is -4.57. The maximum absolute atomic E-state index is 13.0. The number of hydrogen-bond acceptors (Lipinski definition) is 6. The molecule has 5 aromatic rings. The number of aromatic nitrogens is 4. The molecule has 41 heavy (non-hydrogen) atoms. The van der Waals surface area contributed by atoms with E-state index in [1.165, 1.54) is 12.1 Å². The Morgan fingerprint density at radius 1 is 0.854 bits per heavy atom. The number of ether oxygens (including phenoxy) is 1. The van der Waals surface area contributed by atoms with Crippen LogP contribution in [0, 0.1) is 0 Å². The normalized spacial score (nSPS) is 14.0. The Bertz CT molecular complexity index is 1680. The number of morpholine rings is 1. The first kappa shape index (κ1) is 26.6. The maximum Gasteiger partial charge on any atom is 0.416 e. The Morgan fingerprint density at radius 3 is 2.37 bits per heavy atom. The van der Waals surface area contributed by atoms with E-state index in [4.69, 9.17) is 4.74 Å². The lowest BCUT2D eigenvalue weighted by molar-refractivity contribution is -0.137. The highest BCUT2D eigenvalue weighted by Gasteiger charge is 2.30. The standard InChI is InChI=1S/C31H26F3N5O2/c32-31(33,34)25-3-1-2-20(12-25)13-27(40)16-26-6-4-21(17-35-26)24-14-23-15-28(38-30(23)37-19-24)22-5-7-29(36-18-22)39-8-10-41-11-9-39/h1-7,12,14-15,17-19H,8-11,13,16H2,(H,37,38). The van der Waals surface area contributed by atoms with Crippen molar-refractivity contribution in [3.63, 3.8) is 0 Å². The van der Waals surface area contributed by atoms with Crippen molar-refractivity contribution in [1.82, 2.24) is 19.9 Å². The van der Waals surface area contributed by atoms with E-state index in [1.54, 1.807) is 18.5 Å². The monoisotopic (exact) mass is 557 g/mol. The molecule has 1 fully saturated rings. The molecule has 0 atom stereocenters. The third-order valence-electron chi connectivity index (χ3n) is 7.06. The maximum atomic E-state index is 13.0. The molecular weight excluding hydrogens is 531 g/mol. The molecule has 0 saturated carbocycles. The number of H-pyrrole nitrogens is 1. The molecule has 0 spiro atoms. The minimum atomic E-state index is -4.44. The molecular formula is C31H26F3N5O2. The van der Waals surface area contributed by atoms with Crippen molar-refractivity contribution in [3.05, 3.63) is 96.1 Å². The summed E-state index contributed by atoms with van der Waals surface area (Å²) in [7, 11) is 0. The van der Waals surface area contributed by atoms with Gasteiger partial charge in [0.15, 0.2) is 0 Å². The highest BCUT2D eigenvalue weighted by atomic mass is 19.4. The van der Waals surface area contributed by atoms with E-state index in [9.17, 15) is 18.0 Å². The third kappa shape index (κ3) is 6.12. The SMILES string of the molecule is O=C(Cc1cccc(C(F)(F)F)c1)Cc1ccc(-c2cnc3[nH]c(-c4ccc(N5CCOCC5)nc4)cc3c2)cn1. The van der Waals surface area contributed by atoms with Gasteiger partial charge in [-0.25, -0.2) is 9.97 Å². The van der Waals surface area contributed by atoms with Crippen LogP contribution in [-0.2, 0) is 28.5 Å². The molecule has 0 aliphatic carbocycles. The van der Waals surface area contributed by atoms with E-state index < -0.39 is 11.7 Å². The summed E-state index contributed by atoms with van der Waals surface area (Å²) in [4.78, 5) is 31.7. The number of fused-ring (bicyclic) bond motifs is 1. The Kier molecular flexibility index (Phi) is 7.23. The van der Waals surface area contributed by atoms with Gasteiger partial charge in [0.25, 0.3) is 0 Å². The summed E-state index contributed by atoms with van der Waals surface area (Å²) < 4.78 is 44.3. The van der Waals surface area contributed by atoms with Gasteiger partial charge in [-0.15, -0.1) is 0 Å². The Labute approximate surface area is 234 Å². The van der Waals surface area contributed by atoms with E-state index >= 15 is 0 Å². The van der Waals surface area contributed by atoms with Gasteiger partial charge in [-0.2, -0.15) is 13.2 Å². The van der Waals surface area contributed by atoms with Gasteiger partial charge >= 0.3 is 6.18 Å². The number of nitrogens with one attached hydrogen (secondary N) is 1. The van der Waals surface area contributed by atoms with Gasteiger partial charge in [-0.3, -0.25) is 9.78 Å². The molecule has 1 aliphatic rings. The van der Waals surface area contributed by atoms with E-state index in [0.717, 1.165) is 64.5 Å². The fourth-order valence-corrected chi connectivity index (χ4v) is 4.90. The zero-order chi connectivity index (χ0) is 28.4. The number of alkyl halides is 3. The minimum Gasteiger partial charge on any atom is -0.378 e. The number of carbonyl (C=O) groups excluding carboxylic acids is 1. The average molecular weight is 558 g/mol. The second-order valence-electron chi connectivity index (χ2n) is 9.98. The molecule has 0 radical (unpaired) electrons. The van der Waals surface area contributed by atoms with Crippen LogP contribution < -0.4 is 4.90 Å². The van der Waals surface area contributed by atoms with Gasteiger partial charge in [-0.1, -0.05) is 24.3 Å². The zero-order valence-corrected chi connectivity index (χ0v) is 22.0. The highest BCUT2D eigenvalue weighted by molar-refractivity contribution is 5.87. The number of hydrogen-bond donors (Lipinski definition) is 1. The number of anilines is 1. The third-order valence-corrected chi connectivity index (χ3v) is 7.06. The summed E-state index contributed by atoms with van der Waals surface area (Å²) in [6, 6.07) is 16.6. The number of Topliss-reactive ketones (excluding diaryl/α,β-unsaturated/α-hetero) is 1. The Balaban J connectivity index is 1.12. The smallest absolute Gasteiger partial charge is 0.378 e. The molecule has 1 aromatic carbocycles. The quantitative estimate of drug-likeness (QED) is 0.268. The summed E-state index contributed by atoms with van der Waals surface area (Å²) in [6.45, 7) is 3.08. The first-order valence-electron chi connectivity index (χ1n) is 13.2. The van der Waals surface area contributed by atoms with Crippen LogP contribution in [0.3, 0.4) is 0 Å². The van der Waals surface area contributed by atoms with Gasteiger partial charge in [0.2, 0.25) is 0 Å². The van der Waals surface area contributed by atoms with Gasteiger partial charge in [0, 0.05) is 78.0 Å². The second-order valence-corrected chi connectivity index (χ2v) is 9.98. The number of nitrogens with zero attached hydrogens (tertiary/aromatic N) is 4. The predicted molar refractivity (Wildman–Crippen MR) is 149 cm³/mol. The summed E-state index contributed by atoms with van der Waals surface area (Å²) in [5.74, 6) is 0.724. The fourth-order valence-electron chi connectivity index (χ4n) is 4.90. The molecule has 0 bridgehead atoms. The number of benzene rings is 1. The first-order valence-corrected chi connectivity index (χ1v) is 13.2. The van der Waals surface area contributed by atoms with Gasteiger partial charge in [0.05, 0.1) is 18.8 Å². The summed E-state index contributed by atoms with van der Waals surface area (Å²) in [5, 5.41) is 0.940. The summed E-state index contributed by atoms with van der Waals surface area (Å²) >= 11 is 0. The van der Waals surface area contributed by atoms with Crippen LogP contribution in [-0.4, -0.2) is 52.0 Å². The van der Waals surface area contributed by atoms with Crippen molar-refractivity contribution in [2.75, 3.05) is 31.2 Å². The number of rotatable bonds is 7. The van der Waals surface area contributed by atoms with Crippen LogP contribution in [0.4, 0.5) is 19.0 Å². The molecule has 1 aliphatic heterocycles. The van der Waals surface area contributed by atoms with Gasteiger partial charge < -0.3 is 14.6 Å². The van der Waals surface area contributed by atoms with E-state index in [0.29, 0.717) is 24.5 Å². The van der Waals surface area contributed by atoms with Crippen molar-refractivity contribution < 1.29 is 22.7 Å². The molecule has 4 aromatic heterocycles. The average Bonchev–Trinajstić information content (AvgIpc) is 3.41. The fraction of sp³-hybridized carbons (Fsp3) is 0.226. The first-order chi connectivity index (χ1) is 19.8. The topological polar surface area (TPSA) is 84.0 Å². The molecule has 1 saturated heterocycles. The number of carbonyl (C=O) groups is 1. The number of pyridine rings is 3. The number of halogens is 3. The molecule has 7 nitrogen and oxygen atoms in total. The van der Waals surface area contributed by atoms with Crippen molar-refractivity contribution in [2.24, 2.45) is 0 Å².